The Labute approximate surface area is 135 Å². The van der Waals surface area contributed by atoms with Gasteiger partial charge in [-0.25, -0.2) is 0 Å². The lowest BCUT2D eigenvalue weighted by atomic mass is 10.0. The number of nitrogens with one attached hydrogen (secondary N) is 1. The Bertz CT molecular complexity index is 531. The number of phenols is 2. The van der Waals surface area contributed by atoms with Crippen molar-refractivity contribution in [3.63, 3.8) is 0 Å². The van der Waals surface area contributed by atoms with Crippen LogP contribution in [0.3, 0.4) is 0 Å². The summed E-state index contributed by atoms with van der Waals surface area (Å²) < 4.78 is 10.0. The highest BCUT2D eigenvalue weighted by molar-refractivity contribution is 5.87. The number of ether oxygens (including phenoxy) is 2. The highest BCUT2D eigenvalue weighted by Crippen LogP contribution is 2.25. The summed E-state index contributed by atoms with van der Waals surface area (Å²) in [5, 5.41) is 21.4. The SMILES string of the molecule is COCCOCCC(=O)NC(Cc1ccc(O)c(O)c1)C(C)=O. The number of ketones is 1. The van der Waals surface area contributed by atoms with Crippen molar-refractivity contribution >= 4 is 11.7 Å². The van der Waals surface area contributed by atoms with E-state index in [4.69, 9.17) is 9.47 Å². The molecule has 3 N–H and O–H groups in total. The number of benzene rings is 1. The van der Waals surface area contributed by atoms with Crippen molar-refractivity contribution in [2.24, 2.45) is 0 Å². The van der Waals surface area contributed by atoms with E-state index in [-0.39, 0.29) is 42.6 Å². The number of aromatic hydroxyl groups is 2. The van der Waals surface area contributed by atoms with Gasteiger partial charge in [-0.2, -0.15) is 0 Å². The van der Waals surface area contributed by atoms with Crippen LogP contribution in [0, 0.1) is 0 Å². The van der Waals surface area contributed by atoms with Gasteiger partial charge in [0.05, 0.1) is 25.9 Å². The number of hydrogen-bond donors (Lipinski definition) is 3. The highest BCUT2D eigenvalue weighted by atomic mass is 16.5. The van der Waals surface area contributed by atoms with E-state index in [0.717, 1.165) is 0 Å². The predicted octanol–water partition coefficient (Wildman–Crippen LogP) is 0.767. The predicted molar refractivity (Wildman–Crippen MR) is 83.4 cm³/mol. The van der Waals surface area contributed by atoms with Gasteiger partial charge in [-0.05, 0) is 31.0 Å². The van der Waals surface area contributed by atoms with Gasteiger partial charge < -0.3 is 25.0 Å². The Kier molecular flexibility index (Phi) is 8.07. The second-order valence-corrected chi connectivity index (χ2v) is 5.11. The Morgan fingerprint density at radius 1 is 1.17 bits per heavy atom. The van der Waals surface area contributed by atoms with Crippen LogP contribution in [0.2, 0.25) is 0 Å². The number of amides is 1. The van der Waals surface area contributed by atoms with Gasteiger partial charge in [0.15, 0.2) is 17.3 Å². The van der Waals surface area contributed by atoms with Gasteiger partial charge in [-0.3, -0.25) is 9.59 Å². The first kappa shape index (κ1) is 18.9. The van der Waals surface area contributed by atoms with Crippen LogP contribution in [-0.4, -0.2) is 54.9 Å². The van der Waals surface area contributed by atoms with Gasteiger partial charge in [0.2, 0.25) is 5.91 Å². The van der Waals surface area contributed by atoms with E-state index in [1.165, 1.54) is 19.1 Å². The Hall–Kier alpha value is -2.12. The molecule has 1 amide bonds. The van der Waals surface area contributed by atoms with Gasteiger partial charge in [-0.15, -0.1) is 0 Å². The molecule has 1 rings (SSSR count). The molecule has 7 heteroatoms. The Morgan fingerprint density at radius 2 is 1.91 bits per heavy atom. The molecule has 1 atom stereocenters. The highest BCUT2D eigenvalue weighted by Gasteiger charge is 2.18. The zero-order chi connectivity index (χ0) is 17.2. The molecule has 1 unspecified atom stereocenters. The summed E-state index contributed by atoms with van der Waals surface area (Å²) in [7, 11) is 1.56. The maximum atomic E-state index is 11.8. The average Bonchev–Trinajstić information content (AvgIpc) is 2.50. The van der Waals surface area contributed by atoms with Crippen LogP contribution in [-0.2, 0) is 25.5 Å². The zero-order valence-electron chi connectivity index (χ0n) is 13.4. The minimum Gasteiger partial charge on any atom is -0.504 e. The third-order valence-electron chi connectivity index (χ3n) is 3.21. The van der Waals surface area contributed by atoms with Crippen molar-refractivity contribution < 1.29 is 29.3 Å². The summed E-state index contributed by atoms with van der Waals surface area (Å²) in [6.45, 7) is 2.51. The van der Waals surface area contributed by atoms with E-state index in [0.29, 0.717) is 18.8 Å². The van der Waals surface area contributed by atoms with Crippen LogP contribution >= 0.6 is 0 Å². The van der Waals surface area contributed by atoms with E-state index in [1.807, 2.05) is 0 Å². The smallest absolute Gasteiger partial charge is 0.222 e. The average molecular weight is 325 g/mol. The van der Waals surface area contributed by atoms with E-state index in [1.54, 1.807) is 13.2 Å². The molecule has 0 bridgehead atoms. The van der Waals surface area contributed by atoms with E-state index < -0.39 is 6.04 Å². The fraction of sp³-hybridized carbons (Fsp3) is 0.500. The van der Waals surface area contributed by atoms with Crippen LogP contribution in [0.25, 0.3) is 0 Å². The lowest BCUT2D eigenvalue weighted by Gasteiger charge is -2.16. The summed E-state index contributed by atoms with van der Waals surface area (Å²) >= 11 is 0. The lowest BCUT2D eigenvalue weighted by Crippen LogP contribution is -2.41. The second kappa shape index (κ2) is 9.81. The number of carbonyl (C=O) groups is 2. The fourth-order valence-electron chi connectivity index (χ4n) is 1.90. The van der Waals surface area contributed by atoms with Crippen molar-refractivity contribution in [1.82, 2.24) is 5.32 Å². The molecule has 0 aromatic heterocycles. The molecule has 0 aliphatic rings. The summed E-state index contributed by atoms with van der Waals surface area (Å²) in [5.74, 6) is -0.968. The number of rotatable bonds is 10. The van der Waals surface area contributed by atoms with Crippen LogP contribution < -0.4 is 5.32 Å². The molecule has 23 heavy (non-hydrogen) atoms. The van der Waals surface area contributed by atoms with Crippen molar-refractivity contribution in [3.05, 3.63) is 23.8 Å². The minimum atomic E-state index is -0.689. The van der Waals surface area contributed by atoms with Crippen LogP contribution in [0.15, 0.2) is 18.2 Å². The number of phenolic OH excluding ortho intramolecular Hbond substituents is 2. The van der Waals surface area contributed by atoms with E-state index >= 15 is 0 Å². The van der Waals surface area contributed by atoms with Gasteiger partial charge in [0, 0.05) is 13.5 Å². The molecule has 1 aromatic carbocycles. The zero-order valence-corrected chi connectivity index (χ0v) is 13.4. The van der Waals surface area contributed by atoms with Crippen molar-refractivity contribution in [2.75, 3.05) is 26.9 Å². The van der Waals surface area contributed by atoms with Crippen LogP contribution in [0.1, 0.15) is 18.9 Å². The maximum absolute atomic E-state index is 11.8. The molecule has 0 saturated carbocycles. The Balaban J connectivity index is 2.49. The number of carbonyl (C=O) groups excluding carboxylic acids is 2. The summed E-state index contributed by atoms with van der Waals surface area (Å²) in [5.41, 5.74) is 0.636. The summed E-state index contributed by atoms with van der Waals surface area (Å²) in [6, 6.07) is 3.61. The van der Waals surface area contributed by atoms with Crippen molar-refractivity contribution in [2.45, 2.75) is 25.8 Å². The van der Waals surface area contributed by atoms with Crippen molar-refractivity contribution in [1.29, 1.82) is 0 Å². The fourth-order valence-corrected chi connectivity index (χ4v) is 1.90. The van der Waals surface area contributed by atoms with Crippen LogP contribution in [0.5, 0.6) is 11.5 Å². The normalized spacial score (nSPS) is 11.9. The molecule has 7 nitrogen and oxygen atoms in total. The minimum absolute atomic E-state index is 0.147. The first-order valence-corrected chi connectivity index (χ1v) is 7.31. The van der Waals surface area contributed by atoms with Crippen molar-refractivity contribution in [3.8, 4) is 11.5 Å². The lowest BCUT2D eigenvalue weighted by molar-refractivity contribution is -0.127. The standard InChI is InChI=1S/C16H23NO6/c1-11(18)13(9-12-3-4-14(19)15(20)10-12)17-16(21)5-6-23-8-7-22-2/h3-4,10,13,19-20H,5-9H2,1-2H3,(H,17,21). The Morgan fingerprint density at radius 3 is 2.52 bits per heavy atom. The molecule has 0 aliphatic heterocycles. The molecule has 0 aliphatic carbocycles. The number of methoxy groups -OCH3 is 1. The van der Waals surface area contributed by atoms with Crippen LogP contribution in [0.4, 0.5) is 0 Å². The van der Waals surface area contributed by atoms with Gasteiger partial charge >= 0.3 is 0 Å². The first-order valence-electron chi connectivity index (χ1n) is 7.31. The van der Waals surface area contributed by atoms with E-state index in [9.17, 15) is 19.8 Å². The molecule has 0 fully saturated rings. The molecule has 1 aromatic rings. The molecular weight excluding hydrogens is 302 g/mol. The second-order valence-electron chi connectivity index (χ2n) is 5.11. The van der Waals surface area contributed by atoms with Gasteiger partial charge in [0.1, 0.15) is 0 Å². The molecule has 0 heterocycles. The van der Waals surface area contributed by atoms with Gasteiger partial charge in [0.25, 0.3) is 0 Å². The summed E-state index contributed by atoms with van der Waals surface area (Å²) in [6.07, 6.45) is 0.383. The monoisotopic (exact) mass is 325 g/mol. The number of hydrogen-bond acceptors (Lipinski definition) is 6. The quantitative estimate of drug-likeness (QED) is 0.433. The molecule has 0 saturated heterocycles. The largest absolute Gasteiger partial charge is 0.504 e. The molecule has 128 valence electrons. The third kappa shape index (κ3) is 7.12. The number of Topliss-reactive ketones (excluding diaryl/α,β-unsaturated/α-hetero) is 1. The summed E-state index contributed by atoms with van der Waals surface area (Å²) in [4.78, 5) is 23.5. The topological polar surface area (TPSA) is 105 Å². The third-order valence-corrected chi connectivity index (χ3v) is 3.21. The molecule has 0 radical (unpaired) electrons. The molecule has 0 spiro atoms. The molecular formula is C16H23NO6. The van der Waals surface area contributed by atoms with E-state index in [2.05, 4.69) is 5.32 Å². The van der Waals surface area contributed by atoms with Gasteiger partial charge in [-0.1, -0.05) is 6.07 Å². The first-order chi connectivity index (χ1) is 10.9. The maximum Gasteiger partial charge on any atom is 0.222 e.